The zero-order chi connectivity index (χ0) is 18.6. The largest absolute Gasteiger partial charge is 0.493 e. The molecule has 4 nitrogen and oxygen atoms in total. The third-order valence-corrected chi connectivity index (χ3v) is 4.03. The first-order chi connectivity index (χ1) is 11.8. The van der Waals surface area contributed by atoms with Gasteiger partial charge in [-0.05, 0) is 35.1 Å². The zero-order valence-corrected chi connectivity index (χ0v) is 15.6. The highest BCUT2D eigenvalue weighted by atomic mass is 16.5. The molecule has 0 saturated carbocycles. The molecular weight excluding hydrogens is 316 g/mol. The van der Waals surface area contributed by atoms with Gasteiger partial charge in [0.1, 0.15) is 0 Å². The van der Waals surface area contributed by atoms with Crippen LogP contribution in [0.2, 0.25) is 0 Å². The molecule has 0 aliphatic rings. The fourth-order valence-electron chi connectivity index (χ4n) is 2.59. The van der Waals surface area contributed by atoms with Gasteiger partial charge in [-0.1, -0.05) is 52.0 Å². The van der Waals surface area contributed by atoms with Crippen LogP contribution in [0.1, 0.15) is 50.0 Å². The molecule has 0 saturated heterocycles. The number of carboxylic acids is 1. The lowest BCUT2D eigenvalue weighted by atomic mass is 9.86. The van der Waals surface area contributed by atoms with E-state index in [1.54, 1.807) is 6.07 Å². The van der Waals surface area contributed by atoms with E-state index in [-0.39, 0.29) is 11.0 Å². The van der Waals surface area contributed by atoms with Gasteiger partial charge in [0.05, 0.1) is 19.3 Å². The SMILES string of the molecule is CCCOc1c(OC)cc(C(=O)O)cc1-c1ccc(C(C)(C)C)cc1. The normalized spacial score (nSPS) is 11.2. The fraction of sp³-hybridized carbons (Fsp3) is 0.381. The van der Waals surface area contributed by atoms with E-state index < -0.39 is 5.97 Å². The van der Waals surface area contributed by atoms with Crippen LogP contribution >= 0.6 is 0 Å². The topological polar surface area (TPSA) is 55.8 Å². The van der Waals surface area contributed by atoms with Crippen LogP contribution in [0.25, 0.3) is 11.1 Å². The molecule has 0 spiro atoms. The molecule has 0 bridgehead atoms. The van der Waals surface area contributed by atoms with Crippen molar-refractivity contribution in [3.63, 3.8) is 0 Å². The van der Waals surface area contributed by atoms with Crippen LogP contribution in [-0.2, 0) is 5.41 Å². The van der Waals surface area contributed by atoms with Gasteiger partial charge in [-0.15, -0.1) is 0 Å². The molecule has 0 amide bonds. The predicted octanol–water partition coefficient (Wildman–Crippen LogP) is 5.15. The lowest BCUT2D eigenvalue weighted by Gasteiger charge is -2.20. The molecule has 0 aromatic heterocycles. The number of hydrogen-bond donors (Lipinski definition) is 1. The quantitative estimate of drug-likeness (QED) is 0.789. The Balaban J connectivity index is 2.60. The van der Waals surface area contributed by atoms with Crippen LogP contribution in [0, 0.1) is 0 Å². The van der Waals surface area contributed by atoms with Gasteiger partial charge in [-0.2, -0.15) is 0 Å². The molecule has 0 aliphatic heterocycles. The van der Waals surface area contributed by atoms with E-state index >= 15 is 0 Å². The van der Waals surface area contributed by atoms with Crippen molar-refractivity contribution in [2.75, 3.05) is 13.7 Å². The van der Waals surface area contributed by atoms with E-state index in [4.69, 9.17) is 9.47 Å². The molecule has 2 rings (SSSR count). The smallest absolute Gasteiger partial charge is 0.335 e. The number of aromatic carboxylic acids is 1. The number of benzene rings is 2. The zero-order valence-electron chi connectivity index (χ0n) is 15.6. The summed E-state index contributed by atoms with van der Waals surface area (Å²) in [5, 5.41) is 9.40. The monoisotopic (exact) mass is 342 g/mol. The van der Waals surface area contributed by atoms with Crippen LogP contribution in [0.15, 0.2) is 36.4 Å². The second kappa shape index (κ2) is 7.60. The van der Waals surface area contributed by atoms with Crippen LogP contribution in [0.3, 0.4) is 0 Å². The average Bonchev–Trinajstić information content (AvgIpc) is 2.58. The summed E-state index contributed by atoms with van der Waals surface area (Å²) >= 11 is 0. The van der Waals surface area contributed by atoms with E-state index in [0.29, 0.717) is 18.1 Å². The lowest BCUT2D eigenvalue weighted by molar-refractivity contribution is 0.0696. The first-order valence-corrected chi connectivity index (χ1v) is 8.47. The molecule has 0 fully saturated rings. The number of carbonyl (C=O) groups is 1. The number of ether oxygens (including phenoxy) is 2. The van der Waals surface area contributed by atoms with Crippen LogP contribution in [-0.4, -0.2) is 24.8 Å². The minimum Gasteiger partial charge on any atom is -0.493 e. The van der Waals surface area contributed by atoms with Crippen LogP contribution in [0.5, 0.6) is 11.5 Å². The van der Waals surface area contributed by atoms with Gasteiger partial charge in [0.2, 0.25) is 0 Å². The molecule has 1 N–H and O–H groups in total. The van der Waals surface area contributed by atoms with Gasteiger partial charge >= 0.3 is 5.97 Å². The first-order valence-electron chi connectivity index (χ1n) is 8.47. The highest BCUT2D eigenvalue weighted by Crippen LogP contribution is 2.40. The van der Waals surface area contributed by atoms with E-state index in [1.165, 1.54) is 18.7 Å². The Kier molecular flexibility index (Phi) is 5.73. The maximum Gasteiger partial charge on any atom is 0.335 e. The van der Waals surface area contributed by atoms with Gasteiger partial charge in [0, 0.05) is 5.56 Å². The van der Waals surface area contributed by atoms with Crippen molar-refractivity contribution < 1.29 is 19.4 Å². The summed E-state index contributed by atoms with van der Waals surface area (Å²) in [4.78, 5) is 11.5. The minimum absolute atomic E-state index is 0.0562. The molecule has 0 radical (unpaired) electrons. The third-order valence-electron chi connectivity index (χ3n) is 4.03. The van der Waals surface area contributed by atoms with Crippen molar-refractivity contribution in [1.82, 2.24) is 0 Å². The Morgan fingerprint density at radius 1 is 1.12 bits per heavy atom. The highest BCUT2D eigenvalue weighted by Gasteiger charge is 2.19. The Labute approximate surface area is 149 Å². The summed E-state index contributed by atoms with van der Waals surface area (Å²) in [6, 6.07) is 11.3. The maximum atomic E-state index is 11.5. The molecule has 0 heterocycles. The third kappa shape index (κ3) is 4.32. The standard InChI is InChI=1S/C21H26O4/c1-6-11-25-19-17(12-15(20(22)23)13-18(19)24-5)14-7-9-16(10-8-14)21(2,3)4/h7-10,12-13H,6,11H2,1-5H3,(H,22,23). The van der Waals surface area contributed by atoms with Crippen molar-refractivity contribution >= 4 is 5.97 Å². The molecule has 25 heavy (non-hydrogen) atoms. The summed E-state index contributed by atoms with van der Waals surface area (Å²) in [6.45, 7) is 9.04. The van der Waals surface area contributed by atoms with E-state index in [2.05, 4.69) is 32.9 Å². The van der Waals surface area contributed by atoms with Crippen molar-refractivity contribution in [3.8, 4) is 22.6 Å². The summed E-state index contributed by atoms with van der Waals surface area (Å²) < 4.78 is 11.3. The van der Waals surface area contributed by atoms with Gasteiger partial charge in [-0.25, -0.2) is 4.79 Å². The summed E-state index contributed by atoms with van der Waals surface area (Å²) in [6.07, 6.45) is 0.853. The predicted molar refractivity (Wildman–Crippen MR) is 99.9 cm³/mol. The van der Waals surface area contributed by atoms with Crippen molar-refractivity contribution in [2.24, 2.45) is 0 Å². The summed E-state index contributed by atoms with van der Waals surface area (Å²) in [7, 11) is 1.52. The Morgan fingerprint density at radius 3 is 2.24 bits per heavy atom. The van der Waals surface area contributed by atoms with Gasteiger partial charge in [0.25, 0.3) is 0 Å². The molecular formula is C21H26O4. The molecule has 4 heteroatoms. The number of rotatable bonds is 6. The van der Waals surface area contributed by atoms with Crippen molar-refractivity contribution in [3.05, 3.63) is 47.5 Å². The van der Waals surface area contributed by atoms with Crippen molar-refractivity contribution in [2.45, 2.75) is 39.5 Å². The van der Waals surface area contributed by atoms with Crippen molar-refractivity contribution in [1.29, 1.82) is 0 Å². The molecule has 0 aliphatic carbocycles. The molecule has 2 aromatic carbocycles. The molecule has 0 atom stereocenters. The maximum absolute atomic E-state index is 11.5. The van der Waals surface area contributed by atoms with Crippen LogP contribution in [0.4, 0.5) is 0 Å². The number of hydrogen-bond acceptors (Lipinski definition) is 3. The van der Waals surface area contributed by atoms with Crippen LogP contribution < -0.4 is 9.47 Å². The Morgan fingerprint density at radius 2 is 1.76 bits per heavy atom. The fourth-order valence-corrected chi connectivity index (χ4v) is 2.59. The van der Waals surface area contributed by atoms with E-state index in [1.807, 2.05) is 19.1 Å². The highest BCUT2D eigenvalue weighted by molar-refractivity contribution is 5.92. The minimum atomic E-state index is -0.993. The second-order valence-electron chi connectivity index (χ2n) is 7.04. The summed E-state index contributed by atoms with van der Waals surface area (Å²) in [5.74, 6) is 0.0222. The van der Waals surface area contributed by atoms with Gasteiger partial charge in [0.15, 0.2) is 11.5 Å². The second-order valence-corrected chi connectivity index (χ2v) is 7.04. The Bertz CT molecular complexity index is 740. The summed E-state index contributed by atoms with van der Waals surface area (Å²) in [5.41, 5.74) is 3.08. The van der Waals surface area contributed by atoms with Gasteiger partial charge in [-0.3, -0.25) is 0 Å². The van der Waals surface area contributed by atoms with E-state index in [9.17, 15) is 9.90 Å². The Hall–Kier alpha value is -2.49. The molecule has 0 unspecified atom stereocenters. The average molecular weight is 342 g/mol. The molecule has 134 valence electrons. The molecule has 2 aromatic rings. The number of methoxy groups -OCH3 is 1. The van der Waals surface area contributed by atoms with E-state index in [0.717, 1.165) is 17.5 Å². The lowest BCUT2D eigenvalue weighted by Crippen LogP contribution is -2.10. The van der Waals surface area contributed by atoms with Gasteiger partial charge < -0.3 is 14.6 Å². The first kappa shape index (κ1) is 18.8. The number of carboxylic acid groups (broad SMARTS) is 1.